The van der Waals surface area contributed by atoms with Gasteiger partial charge in [-0.25, -0.2) is 0 Å². The Morgan fingerprint density at radius 2 is 1.88 bits per heavy atom. The van der Waals surface area contributed by atoms with Gasteiger partial charge in [0.25, 0.3) is 0 Å². The van der Waals surface area contributed by atoms with Crippen LogP contribution in [0.2, 0.25) is 0 Å². The van der Waals surface area contributed by atoms with Crippen LogP contribution in [0.1, 0.15) is 34.1 Å². The van der Waals surface area contributed by atoms with Gasteiger partial charge in [0.15, 0.2) is 0 Å². The Morgan fingerprint density at radius 3 is 2.31 bits per heavy atom. The third-order valence-corrected chi connectivity index (χ3v) is 5.85. The van der Waals surface area contributed by atoms with Gasteiger partial charge in [0.1, 0.15) is 0 Å². The van der Waals surface area contributed by atoms with Gasteiger partial charge in [-0.05, 0) is 25.7 Å². The van der Waals surface area contributed by atoms with Crippen LogP contribution in [0, 0.1) is 5.41 Å². The zero-order chi connectivity index (χ0) is 12.6. The molecule has 0 spiro atoms. The molecule has 1 aliphatic carbocycles. The Balaban J connectivity index is 2.98. The minimum atomic E-state index is -0.674. The monoisotopic (exact) mass is 304 g/mol. The predicted octanol–water partition coefficient (Wildman–Crippen LogP) is 3.73. The summed E-state index contributed by atoms with van der Waals surface area (Å²) >= 11 is 8.43. The first-order valence-electron chi connectivity index (χ1n) is 5.54. The van der Waals surface area contributed by atoms with Gasteiger partial charge < -0.3 is 5.11 Å². The second kappa shape index (κ2) is 4.51. The van der Waals surface area contributed by atoms with Crippen LogP contribution in [-0.4, -0.2) is 20.3 Å². The summed E-state index contributed by atoms with van der Waals surface area (Å²) in [5, 5.41) is 10.1. The van der Waals surface area contributed by atoms with E-state index in [2.05, 4.69) is 54.6 Å². The van der Waals surface area contributed by atoms with Crippen LogP contribution in [0.3, 0.4) is 0 Å². The number of hydrogen-bond acceptors (Lipinski definition) is 2. The molecule has 0 amide bonds. The molecule has 0 aromatic rings. The summed E-state index contributed by atoms with van der Waals surface area (Å²) in [6.07, 6.45) is 8.96. The largest absolute Gasteiger partial charge is 0.390 e. The van der Waals surface area contributed by atoms with Crippen molar-refractivity contribution in [2.75, 3.05) is 0 Å². The zero-order valence-electron chi connectivity index (χ0n) is 10.4. The number of alkyl halides is 1. The minimum absolute atomic E-state index is 0.0844. The highest BCUT2D eigenvalue weighted by Crippen LogP contribution is 2.50. The molecule has 0 saturated carbocycles. The Bertz CT molecular complexity index is 314. The normalized spacial score (nSPS) is 30.8. The summed E-state index contributed by atoms with van der Waals surface area (Å²) in [5.41, 5.74) is -0.758. The van der Waals surface area contributed by atoms with Gasteiger partial charge in [-0.1, -0.05) is 54.1 Å². The molecule has 0 radical (unpaired) electrons. The second-order valence-corrected chi connectivity index (χ2v) is 7.70. The molecule has 0 heterocycles. The van der Waals surface area contributed by atoms with Crippen molar-refractivity contribution in [3.8, 4) is 0 Å². The number of allylic oxidation sites excluding steroid dienone is 3. The van der Waals surface area contributed by atoms with Crippen molar-refractivity contribution in [3.63, 3.8) is 0 Å². The molecule has 1 aliphatic rings. The fourth-order valence-corrected chi connectivity index (χ4v) is 3.43. The number of thiol groups is 1. The van der Waals surface area contributed by atoms with Crippen molar-refractivity contribution in [3.05, 3.63) is 24.3 Å². The van der Waals surface area contributed by atoms with Crippen molar-refractivity contribution in [1.29, 1.82) is 0 Å². The van der Waals surface area contributed by atoms with Crippen molar-refractivity contribution in [2.45, 2.75) is 49.3 Å². The van der Waals surface area contributed by atoms with Gasteiger partial charge in [0.05, 0.1) is 9.93 Å². The summed E-state index contributed by atoms with van der Waals surface area (Å²) in [4.78, 5) is 0. The number of rotatable bonds is 3. The highest BCUT2D eigenvalue weighted by Gasteiger charge is 2.47. The van der Waals surface area contributed by atoms with Crippen LogP contribution in [0.4, 0.5) is 0 Å². The highest BCUT2D eigenvalue weighted by molar-refractivity contribution is 9.10. The summed E-state index contributed by atoms with van der Waals surface area (Å²) in [6.45, 7) is 8.01. The summed E-state index contributed by atoms with van der Waals surface area (Å²) in [6, 6.07) is 0. The molecule has 0 bridgehead atoms. The SMILES string of the molecule is CC(C)(O)CC(C)(C)C1(Br)C=CC=CC1S. The summed E-state index contributed by atoms with van der Waals surface area (Å²) < 4.78 is -0.210. The number of halogens is 1. The van der Waals surface area contributed by atoms with Crippen LogP contribution < -0.4 is 0 Å². The molecule has 1 rings (SSSR count). The van der Waals surface area contributed by atoms with Crippen molar-refractivity contribution in [2.24, 2.45) is 5.41 Å². The standard InChI is InChI=1S/C13H21BrOS/c1-11(2,9-12(3,4)15)13(14)8-6-5-7-10(13)16/h5-8,10,15-16H,9H2,1-4H3. The van der Waals surface area contributed by atoms with Gasteiger partial charge in [0, 0.05) is 5.25 Å². The molecule has 2 unspecified atom stereocenters. The Labute approximate surface area is 113 Å². The topological polar surface area (TPSA) is 20.2 Å². The zero-order valence-corrected chi connectivity index (χ0v) is 12.8. The third-order valence-electron chi connectivity index (χ3n) is 3.09. The van der Waals surface area contributed by atoms with Gasteiger partial charge >= 0.3 is 0 Å². The van der Waals surface area contributed by atoms with E-state index >= 15 is 0 Å². The fourth-order valence-electron chi connectivity index (χ4n) is 2.45. The average molecular weight is 305 g/mol. The smallest absolute Gasteiger partial charge is 0.0642 e. The van der Waals surface area contributed by atoms with E-state index in [-0.39, 0.29) is 15.0 Å². The lowest BCUT2D eigenvalue weighted by molar-refractivity contribution is 0.0255. The molecule has 92 valence electrons. The van der Waals surface area contributed by atoms with Gasteiger partial charge in [-0.2, -0.15) is 12.6 Å². The van der Waals surface area contributed by atoms with Crippen LogP contribution in [0.5, 0.6) is 0 Å². The minimum Gasteiger partial charge on any atom is -0.390 e. The van der Waals surface area contributed by atoms with Crippen molar-refractivity contribution < 1.29 is 5.11 Å². The highest BCUT2D eigenvalue weighted by atomic mass is 79.9. The maximum Gasteiger partial charge on any atom is 0.0642 e. The first-order chi connectivity index (χ1) is 7.08. The number of aliphatic hydroxyl groups is 1. The van der Waals surface area contributed by atoms with E-state index in [4.69, 9.17) is 0 Å². The Kier molecular flexibility index (Phi) is 4.04. The van der Waals surface area contributed by atoms with E-state index in [0.717, 1.165) is 0 Å². The van der Waals surface area contributed by atoms with Crippen LogP contribution in [-0.2, 0) is 0 Å². The molecule has 0 saturated heterocycles. The quantitative estimate of drug-likeness (QED) is 0.601. The van der Waals surface area contributed by atoms with E-state index in [9.17, 15) is 5.11 Å². The van der Waals surface area contributed by atoms with Gasteiger partial charge in [-0.15, -0.1) is 0 Å². The van der Waals surface area contributed by atoms with Crippen LogP contribution in [0.15, 0.2) is 24.3 Å². The molecule has 0 aromatic carbocycles. The fraction of sp³-hybridized carbons (Fsp3) is 0.692. The van der Waals surface area contributed by atoms with Gasteiger partial charge in [-0.3, -0.25) is 0 Å². The van der Waals surface area contributed by atoms with E-state index < -0.39 is 5.60 Å². The molecule has 16 heavy (non-hydrogen) atoms. The lowest BCUT2D eigenvalue weighted by atomic mass is 9.69. The molecule has 1 nitrogen and oxygen atoms in total. The molecular formula is C13H21BrOS. The molecule has 0 aliphatic heterocycles. The maximum atomic E-state index is 10.00. The first-order valence-corrected chi connectivity index (χ1v) is 6.85. The van der Waals surface area contributed by atoms with E-state index in [1.54, 1.807) is 0 Å². The van der Waals surface area contributed by atoms with Crippen molar-refractivity contribution >= 4 is 28.6 Å². The van der Waals surface area contributed by atoms with E-state index in [1.807, 2.05) is 26.0 Å². The molecule has 0 fully saturated rings. The van der Waals surface area contributed by atoms with Crippen molar-refractivity contribution in [1.82, 2.24) is 0 Å². The lowest BCUT2D eigenvalue weighted by Crippen LogP contribution is -2.48. The molecule has 3 heteroatoms. The summed E-state index contributed by atoms with van der Waals surface area (Å²) in [7, 11) is 0. The first kappa shape index (κ1) is 14.3. The molecule has 1 N–H and O–H groups in total. The molecule has 0 aromatic heterocycles. The Hall–Kier alpha value is 0.270. The van der Waals surface area contributed by atoms with Gasteiger partial charge in [0.2, 0.25) is 0 Å². The third kappa shape index (κ3) is 2.93. The van der Waals surface area contributed by atoms with E-state index in [1.165, 1.54) is 0 Å². The average Bonchev–Trinajstić information content (AvgIpc) is 2.05. The van der Waals surface area contributed by atoms with Crippen LogP contribution >= 0.6 is 28.6 Å². The number of hydrogen-bond donors (Lipinski definition) is 2. The van der Waals surface area contributed by atoms with E-state index in [0.29, 0.717) is 6.42 Å². The van der Waals surface area contributed by atoms with Crippen LogP contribution in [0.25, 0.3) is 0 Å². The maximum absolute atomic E-state index is 10.00. The lowest BCUT2D eigenvalue weighted by Gasteiger charge is -2.46. The predicted molar refractivity (Wildman–Crippen MR) is 77.4 cm³/mol. The second-order valence-electron chi connectivity index (χ2n) is 5.83. The summed E-state index contributed by atoms with van der Waals surface area (Å²) in [5.74, 6) is 0. The molecule has 2 atom stereocenters. The Morgan fingerprint density at radius 1 is 1.31 bits per heavy atom. The molecular weight excluding hydrogens is 284 g/mol.